The van der Waals surface area contributed by atoms with Crippen LogP contribution < -0.4 is 10.6 Å². The third-order valence-electron chi connectivity index (χ3n) is 4.59. The molecule has 0 radical (unpaired) electrons. The van der Waals surface area contributed by atoms with Crippen molar-refractivity contribution in [2.45, 2.75) is 37.6 Å². The molecule has 0 aromatic heterocycles. The Labute approximate surface area is 154 Å². The Morgan fingerprint density at radius 1 is 1.16 bits per heavy atom. The number of benzene rings is 1. The van der Waals surface area contributed by atoms with Crippen LogP contribution >= 0.6 is 11.8 Å². The lowest BCUT2D eigenvalue weighted by Crippen LogP contribution is -2.43. The van der Waals surface area contributed by atoms with Gasteiger partial charge in [0.25, 0.3) is 0 Å². The predicted molar refractivity (Wildman–Crippen MR) is 103 cm³/mol. The molecular formula is C19H29N3O2S. The maximum atomic E-state index is 11.7. The molecule has 1 saturated heterocycles. The highest BCUT2D eigenvalue weighted by atomic mass is 32.2. The van der Waals surface area contributed by atoms with E-state index in [2.05, 4.69) is 46.1 Å². The molecule has 2 N–H and O–H groups in total. The predicted octanol–water partition coefficient (Wildman–Crippen LogP) is 2.26. The van der Waals surface area contributed by atoms with Gasteiger partial charge in [0.2, 0.25) is 0 Å². The highest BCUT2D eigenvalue weighted by Crippen LogP contribution is 2.24. The van der Waals surface area contributed by atoms with Crippen molar-refractivity contribution in [1.29, 1.82) is 0 Å². The minimum atomic E-state index is -0.520. The lowest BCUT2D eigenvalue weighted by atomic mass is 9.96. The van der Waals surface area contributed by atoms with E-state index in [0.717, 1.165) is 38.9 Å². The van der Waals surface area contributed by atoms with Crippen LogP contribution in [0.15, 0.2) is 29.2 Å². The van der Waals surface area contributed by atoms with Gasteiger partial charge in [-0.1, -0.05) is 25.1 Å². The second-order valence-electron chi connectivity index (χ2n) is 6.50. The molecule has 1 aromatic carbocycles. The van der Waals surface area contributed by atoms with Crippen LogP contribution in [-0.4, -0.2) is 49.1 Å². The number of carbonyl (C=O) groups excluding carboxylic acids is 2. The summed E-state index contributed by atoms with van der Waals surface area (Å²) in [5, 5.41) is 5.37. The number of rotatable bonds is 7. The fraction of sp³-hybridized carbons (Fsp3) is 0.579. The SMILES string of the molecule is CCCNC(=O)C(=O)NCC1CCN(Cc2ccccc2SC)CC1. The maximum Gasteiger partial charge on any atom is 0.309 e. The molecule has 2 rings (SSSR count). The molecule has 0 atom stereocenters. The number of amides is 2. The van der Waals surface area contributed by atoms with Gasteiger partial charge in [-0.2, -0.15) is 0 Å². The van der Waals surface area contributed by atoms with Crippen LogP contribution in [0.2, 0.25) is 0 Å². The van der Waals surface area contributed by atoms with E-state index in [1.54, 1.807) is 11.8 Å². The number of nitrogens with one attached hydrogen (secondary N) is 2. The number of hydrogen-bond acceptors (Lipinski definition) is 4. The summed E-state index contributed by atoms with van der Waals surface area (Å²) in [4.78, 5) is 27.1. The van der Waals surface area contributed by atoms with Crippen molar-refractivity contribution in [2.24, 2.45) is 5.92 Å². The summed E-state index contributed by atoms with van der Waals surface area (Å²) in [6, 6.07) is 8.56. The van der Waals surface area contributed by atoms with Gasteiger partial charge in [-0.25, -0.2) is 0 Å². The minimum Gasteiger partial charge on any atom is -0.348 e. The van der Waals surface area contributed by atoms with Gasteiger partial charge in [0, 0.05) is 24.5 Å². The third-order valence-corrected chi connectivity index (χ3v) is 5.42. The van der Waals surface area contributed by atoms with E-state index in [0.29, 0.717) is 19.0 Å². The molecule has 0 saturated carbocycles. The molecule has 0 aliphatic carbocycles. The molecule has 0 unspecified atom stereocenters. The molecule has 1 aromatic rings. The van der Waals surface area contributed by atoms with Crippen molar-refractivity contribution >= 4 is 23.6 Å². The first-order valence-corrected chi connectivity index (χ1v) is 10.3. The second kappa shape index (κ2) is 10.5. The third kappa shape index (κ3) is 6.36. The van der Waals surface area contributed by atoms with E-state index in [1.165, 1.54) is 10.5 Å². The molecule has 0 spiro atoms. The number of carbonyl (C=O) groups is 2. The van der Waals surface area contributed by atoms with Gasteiger partial charge in [0.1, 0.15) is 0 Å². The first-order valence-electron chi connectivity index (χ1n) is 9.04. The Bertz CT molecular complexity index is 572. The largest absolute Gasteiger partial charge is 0.348 e. The molecule has 1 heterocycles. The van der Waals surface area contributed by atoms with Crippen LogP contribution in [0.1, 0.15) is 31.7 Å². The highest BCUT2D eigenvalue weighted by Gasteiger charge is 2.21. The standard InChI is InChI=1S/C19H29N3O2S/c1-3-10-20-18(23)19(24)21-13-15-8-11-22(12-9-15)14-16-6-4-5-7-17(16)25-2/h4-7,15H,3,8-14H2,1-2H3,(H,20,23)(H,21,24). The second-order valence-corrected chi connectivity index (χ2v) is 7.35. The summed E-state index contributed by atoms with van der Waals surface area (Å²) < 4.78 is 0. The van der Waals surface area contributed by atoms with Gasteiger partial charge in [0.15, 0.2) is 0 Å². The van der Waals surface area contributed by atoms with Crippen molar-refractivity contribution in [2.75, 3.05) is 32.4 Å². The van der Waals surface area contributed by atoms with Crippen LogP contribution in [-0.2, 0) is 16.1 Å². The first-order chi connectivity index (χ1) is 12.1. The average Bonchev–Trinajstić information content (AvgIpc) is 2.65. The van der Waals surface area contributed by atoms with Crippen LogP contribution in [0.4, 0.5) is 0 Å². The number of piperidine rings is 1. The normalized spacial score (nSPS) is 15.8. The highest BCUT2D eigenvalue weighted by molar-refractivity contribution is 7.98. The molecule has 1 aliphatic rings. The van der Waals surface area contributed by atoms with Crippen LogP contribution in [0.5, 0.6) is 0 Å². The zero-order valence-corrected chi connectivity index (χ0v) is 16.0. The van der Waals surface area contributed by atoms with Crippen LogP contribution in [0.3, 0.4) is 0 Å². The van der Waals surface area contributed by atoms with E-state index < -0.39 is 11.8 Å². The Morgan fingerprint density at radius 2 is 1.84 bits per heavy atom. The average molecular weight is 364 g/mol. The lowest BCUT2D eigenvalue weighted by molar-refractivity contribution is -0.139. The van der Waals surface area contributed by atoms with Crippen LogP contribution in [0.25, 0.3) is 0 Å². The molecule has 138 valence electrons. The van der Waals surface area contributed by atoms with Crippen LogP contribution in [0, 0.1) is 5.92 Å². The molecule has 0 bridgehead atoms. The van der Waals surface area contributed by atoms with E-state index in [1.807, 2.05) is 6.92 Å². The Hall–Kier alpha value is -1.53. The van der Waals surface area contributed by atoms with E-state index in [4.69, 9.17) is 0 Å². The van der Waals surface area contributed by atoms with Gasteiger partial charge >= 0.3 is 11.8 Å². The lowest BCUT2D eigenvalue weighted by Gasteiger charge is -2.32. The Balaban J connectivity index is 1.71. The van der Waals surface area contributed by atoms with E-state index in [-0.39, 0.29) is 0 Å². The fourth-order valence-corrected chi connectivity index (χ4v) is 3.67. The maximum absolute atomic E-state index is 11.7. The van der Waals surface area contributed by atoms with Gasteiger partial charge in [-0.15, -0.1) is 11.8 Å². The molecule has 25 heavy (non-hydrogen) atoms. The van der Waals surface area contributed by atoms with Gasteiger partial charge in [-0.3, -0.25) is 14.5 Å². The van der Waals surface area contributed by atoms with Crippen molar-refractivity contribution in [3.05, 3.63) is 29.8 Å². The quantitative estimate of drug-likeness (QED) is 0.576. The number of likely N-dealkylation sites (tertiary alicyclic amines) is 1. The van der Waals surface area contributed by atoms with Gasteiger partial charge < -0.3 is 10.6 Å². The van der Waals surface area contributed by atoms with Gasteiger partial charge in [-0.05, 0) is 56.2 Å². The van der Waals surface area contributed by atoms with Crippen molar-refractivity contribution < 1.29 is 9.59 Å². The zero-order chi connectivity index (χ0) is 18.1. The molecular weight excluding hydrogens is 334 g/mol. The number of hydrogen-bond donors (Lipinski definition) is 2. The van der Waals surface area contributed by atoms with E-state index in [9.17, 15) is 9.59 Å². The first kappa shape index (κ1) is 19.8. The smallest absolute Gasteiger partial charge is 0.309 e. The van der Waals surface area contributed by atoms with E-state index >= 15 is 0 Å². The van der Waals surface area contributed by atoms with Gasteiger partial charge in [0.05, 0.1) is 0 Å². The molecule has 5 nitrogen and oxygen atoms in total. The minimum absolute atomic E-state index is 0.454. The number of nitrogens with zero attached hydrogens (tertiary/aromatic N) is 1. The molecule has 1 aliphatic heterocycles. The molecule has 2 amide bonds. The fourth-order valence-electron chi connectivity index (χ4n) is 3.06. The zero-order valence-electron chi connectivity index (χ0n) is 15.2. The Morgan fingerprint density at radius 3 is 2.52 bits per heavy atom. The monoisotopic (exact) mass is 363 g/mol. The van der Waals surface area contributed by atoms with Crippen molar-refractivity contribution in [3.63, 3.8) is 0 Å². The van der Waals surface area contributed by atoms with Crippen molar-refractivity contribution in [1.82, 2.24) is 15.5 Å². The Kier molecular flexibility index (Phi) is 8.28. The summed E-state index contributed by atoms with van der Waals surface area (Å²) >= 11 is 1.79. The molecule has 6 heteroatoms. The summed E-state index contributed by atoms with van der Waals surface area (Å²) in [6.07, 6.45) is 5.05. The summed E-state index contributed by atoms with van der Waals surface area (Å²) in [6.45, 7) is 6.14. The summed E-state index contributed by atoms with van der Waals surface area (Å²) in [5.74, 6) is -0.576. The summed E-state index contributed by atoms with van der Waals surface area (Å²) in [5.41, 5.74) is 1.38. The molecule has 1 fully saturated rings. The topological polar surface area (TPSA) is 61.4 Å². The van der Waals surface area contributed by atoms with Crippen molar-refractivity contribution in [3.8, 4) is 0 Å². The summed E-state index contributed by atoms with van der Waals surface area (Å²) in [7, 11) is 0. The number of thioether (sulfide) groups is 1.